The summed E-state index contributed by atoms with van der Waals surface area (Å²) < 4.78 is 95.1. The normalized spacial score (nSPS) is 19.8. The lowest BCUT2D eigenvalue weighted by Gasteiger charge is -2.25. The molecule has 1 aromatic heterocycles. The third-order valence-electron chi connectivity index (χ3n) is 6.79. The maximum Gasteiger partial charge on any atom is 0.246 e. The van der Waals surface area contributed by atoms with Crippen molar-refractivity contribution in [3.8, 4) is 5.69 Å². The van der Waals surface area contributed by atoms with Crippen LogP contribution in [0.1, 0.15) is 47.7 Å². The zero-order valence-electron chi connectivity index (χ0n) is 20.9. The lowest BCUT2D eigenvalue weighted by molar-refractivity contribution is 0.201. The molecule has 208 valence electrons. The molecular formula is C26H27F3N4O4S2. The topological polar surface area (TPSA) is 101 Å². The molecule has 5 rings (SSSR count). The van der Waals surface area contributed by atoms with Gasteiger partial charge in [-0.2, -0.15) is 5.10 Å². The minimum Gasteiger partial charge on any atom is -0.234 e. The van der Waals surface area contributed by atoms with Crippen molar-refractivity contribution in [3.05, 3.63) is 87.8 Å². The highest BCUT2D eigenvalue weighted by Gasteiger charge is 2.36. The van der Waals surface area contributed by atoms with Crippen LogP contribution < -0.4 is 4.83 Å². The van der Waals surface area contributed by atoms with Crippen LogP contribution in [-0.4, -0.2) is 50.5 Å². The van der Waals surface area contributed by atoms with Gasteiger partial charge in [0.15, 0.2) is 15.7 Å². The van der Waals surface area contributed by atoms with Crippen LogP contribution in [0.3, 0.4) is 0 Å². The van der Waals surface area contributed by atoms with Crippen molar-refractivity contribution in [1.29, 1.82) is 0 Å². The van der Waals surface area contributed by atoms with Gasteiger partial charge in [-0.15, -0.1) is 4.83 Å². The van der Waals surface area contributed by atoms with Gasteiger partial charge in [0.1, 0.15) is 17.3 Å². The van der Waals surface area contributed by atoms with Crippen LogP contribution in [0.25, 0.3) is 11.8 Å². The molecule has 1 N–H and O–H groups in total. The smallest absolute Gasteiger partial charge is 0.234 e. The predicted molar refractivity (Wildman–Crippen MR) is 140 cm³/mol. The number of halogens is 3. The van der Waals surface area contributed by atoms with Crippen molar-refractivity contribution in [3.63, 3.8) is 0 Å². The van der Waals surface area contributed by atoms with Gasteiger partial charge in [0.25, 0.3) is 0 Å². The number of rotatable bonds is 7. The summed E-state index contributed by atoms with van der Waals surface area (Å²) >= 11 is 0. The summed E-state index contributed by atoms with van der Waals surface area (Å²) in [4.78, 5) is 2.49. The van der Waals surface area contributed by atoms with E-state index in [0.29, 0.717) is 30.4 Å². The van der Waals surface area contributed by atoms with Crippen LogP contribution in [0.4, 0.5) is 13.2 Å². The molecule has 1 fully saturated rings. The van der Waals surface area contributed by atoms with E-state index in [1.165, 1.54) is 35.0 Å². The van der Waals surface area contributed by atoms with E-state index in [9.17, 15) is 30.0 Å². The lowest BCUT2D eigenvalue weighted by Crippen LogP contribution is -2.44. The van der Waals surface area contributed by atoms with E-state index in [-0.39, 0.29) is 29.1 Å². The van der Waals surface area contributed by atoms with Gasteiger partial charge in [-0.3, -0.25) is 0 Å². The van der Waals surface area contributed by atoms with Crippen molar-refractivity contribution in [2.24, 2.45) is 0 Å². The summed E-state index contributed by atoms with van der Waals surface area (Å²) in [5.74, 6) is -3.70. The number of hydrogen-bond acceptors (Lipinski definition) is 6. The second kappa shape index (κ2) is 10.9. The van der Waals surface area contributed by atoms with E-state index in [1.54, 1.807) is 11.1 Å². The van der Waals surface area contributed by atoms with Crippen molar-refractivity contribution >= 4 is 25.9 Å². The van der Waals surface area contributed by atoms with Crippen molar-refractivity contribution in [2.75, 3.05) is 18.8 Å². The number of sulfone groups is 1. The van der Waals surface area contributed by atoms with Crippen LogP contribution in [0, 0.1) is 17.5 Å². The second-order valence-electron chi connectivity index (χ2n) is 9.83. The van der Waals surface area contributed by atoms with E-state index >= 15 is 0 Å². The molecule has 0 spiro atoms. The zero-order valence-corrected chi connectivity index (χ0v) is 22.5. The Kier molecular flexibility index (Phi) is 7.68. The molecule has 39 heavy (non-hydrogen) atoms. The largest absolute Gasteiger partial charge is 0.246 e. The minimum atomic E-state index is -3.94. The van der Waals surface area contributed by atoms with Gasteiger partial charge in [0.2, 0.25) is 10.0 Å². The average molecular weight is 581 g/mol. The fourth-order valence-corrected chi connectivity index (χ4v) is 7.79. The summed E-state index contributed by atoms with van der Waals surface area (Å²) in [6, 6.07) is 8.65. The van der Waals surface area contributed by atoms with E-state index in [2.05, 4.69) is 9.93 Å². The van der Waals surface area contributed by atoms with E-state index in [1.807, 2.05) is 0 Å². The second-order valence-corrected chi connectivity index (χ2v) is 13.5. The molecule has 1 saturated heterocycles. The Balaban J connectivity index is 1.60. The summed E-state index contributed by atoms with van der Waals surface area (Å²) in [7, 11) is -7.61. The number of sulfonamides is 1. The Morgan fingerprint density at radius 1 is 1.03 bits per heavy atom. The Bertz CT molecular complexity index is 1630. The third kappa shape index (κ3) is 6.43. The lowest BCUT2D eigenvalue weighted by atomic mass is 9.94. The number of hydrogen-bond donors (Lipinski definition) is 1. The van der Waals surface area contributed by atoms with Gasteiger partial charge in [-0.25, -0.2) is 39.7 Å². The van der Waals surface area contributed by atoms with Gasteiger partial charge in [-0.05, 0) is 55.2 Å². The highest BCUT2D eigenvalue weighted by molar-refractivity contribution is 7.92. The predicted octanol–water partition coefficient (Wildman–Crippen LogP) is 3.84. The minimum absolute atomic E-state index is 0.0326. The van der Waals surface area contributed by atoms with Crippen LogP contribution in [-0.2, 0) is 32.0 Å². The Hall–Kier alpha value is -3.00. The first-order chi connectivity index (χ1) is 18.5. The Morgan fingerprint density at radius 2 is 1.77 bits per heavy atom. The van der Waals surface area contributed by atoms with Crippen LogP contribution >= 0.6 is 0 Å². The number of fused-ring (bicyclic) bond motifs is 1. The SMILES string of the molecule is O=S1(=O)Cc2c(C=CS(=O)(=O)NN3CCCCC3)nn(-c3ccc(F)cc3F)c2C(Cc2cccc(F)c2)C1. The number of aromatic nitrogens is 2. The molecule has 3 heterocycles. The van der Waals surface area contributed by atoms with Gasteiger partial charge in [-0.1, -0.05) is 18.6 Å². The molecule has 0 aliphatic carbocycles. The fourth-order valence-electron chi connectivity index (χ4n) is 5.14. The molecule has 1 unspecified atom stereocenters. The molecule has 0 saturated carbocycles. The number of hydrazine groups is 1. The first-order valence-corrected chi connectivity index (χ1v) is 15.8. The molecule has 0 bridgehead atoms. The fraction of sp³-hybridized carbons (Fsp3) is 0.346. The Morgan fingerprint density at radius 3 is 2.49 bits per heavy atom. The van der Waals surface area contributed by atoms with Crippen molar-refractivity contribution < 1.29 is 30.0 Å². The first kappa shape index (κ1) is 27.6. The highest BCUT2D eigenvalue weighted by atomic mass is 32.2. The molecule has 8 nitrogen and oxygen atoms in total. The van der Waals surface area contributed by atoms with Gasteiger partial charge in [0.05, 0.1) is 22.9 Å². The van der Waals surface area contributed by atoms with E-state index < -0.39 is 49.0 Å². The average Bonchev–Trinajstić information content (AvgIpc) is 3.20. The number of benzene rings is 2. The molecule has 2 aliphatic rings. The van der Waals surface area contributed by atoms with Crippen LogP contribution in [0.15, 0.2) is 47.9 Å². The number of nitrogens with one attached hydrogen (secondary N) is 1. The number of piperidine rings is 1. The van der Waals surface area contributed by atoms with Gasteiger partial charge < -0.3 is 0 Å². The maximum absolute atomic E-state index is 14.9. The zero-order chi connectivity index (χ0) is 27.8. The van der Waals surface area contributed by atoms with Crippen molar-refractivity contribution in [2.45, 2.75) is 37.4 Å². The molecule has 0 amide bonds. The molecule has 13 heteroatoms. The highest BCUT2D eigenvalue weighted by Crippen LogP contribution is 2.37. The first-order valence-electron chi connectivity index (χ1n) is 12.5. The molecule has 2 aromatic carbocycles. The quantitative estimate of drug-likeness (QED) is 0.456. The van der Waals surface area contributed by atoms with Crippen LogP contribution in [0.5, 0.6) is 0 Å². The molecular weight excluding hydrogens is 553 g/mol. The third-order valence-corrected chi connectivity index (χ3v) is 9.43. The summed E-state index contributed by atoms with van der Waals surface area (Å²) in [5, 5.41) is 6.90. The molecule has 0 radical (unpaired) electrons. The van der Waals surface area contributed by atoms with Gasteiger partial charge in [0, 0.05) is 36.0 Å². The number of nitrogens with zero attached hydrogens (tertiary/aromatic N) is 3. The summed E-state index contributed by atoms with van der Waals surface area (Å²) in [6.45, 7) is 1.14. The van der Waals surface area contributed by atoms with Gasteiger partial charge >= 0.3 is 0 Å². The van der Waals surface area contributed by atoms with E-state index in [4.69, 9.17) is 0 Å². The van der Waals surface area contributed by atoms with Crippen LogP contribution in [0.2, 0.25) is 0 Å². The standard InChI is InChI=1S/C26H27F3N4O4S2/c27-20-6-4-5-18(14-20)13-19-16-38(34,35)17-22-24(9-12-39(36,37)31-32-10-2-1-3-11-32)30-33(26(19)22)25-8-7-21(28)15-23(25)29/h4-9,12,14-15,19,31H,1-3,10-11,13,16-17H2. The maximum atomic E-state index is 14.9. The summed E-state index contributed by atoms with van der Waals surface area (Å²) in [5.41, 5.74) is 1.01. The van der Waals surface area contributed by atoms with E-state index in [0.717, 1.165) is 30.7 Å². The molecule has 3 aromatic rings. The monoisotopic (exact) mass is 580 g/mol. The molecule has 1 atom stereocenters. The molecule has 2 aliphatic heterocycles. The van der Waals surface area contributed by atoms with Crippen molar-refractivity contribution in [1.82, 2.24) is 19.6 Å². The summed E-state index contributed by atoms with van der Waals surface area (Å²) in [6.07, 6.45) is 4.03. The Labute approximate surface area is 225 Å².